The van der Waals surface area contributed by atoms with Crippen LogP contribution in [0.2, 0.25) is 0 Å². The summed E-state index contributed by atoms with van der Waals surface area (Å²) in [6.07, 6.45) is 0. The van der Waals surface area contributed by atoms with E-state index in [-0.39, 0.29) is 5.97 Å². The van der Waals surface area contributed by atoms with Gasteiger partial charge in [0.05, 0.1) is 17.7 Å². The summed E-state index contributed by atoms with van der Waals surface area (Å²) < 4.78 is 4.56. The van der Waals surface area contributed by atoms with Gasteiger partial charge in [-0.2, -0.15) is 12.6 Å². The van der Waals surface area contributed by atoms with Crippen molar-refractivity contribution in [2.24, 2.45) is 0 Å². The summed E-state index contributed by atoms with van der Waals surface area (Å²) in [5.41, 5.74) is 0. The zero-order valence-electron chi connectivity index (χ0n) is 7.03. The molecule has 1 rings (SSSR count). The van der Waals surface area contributed by atoms with Crippen molar-refractivity contribution in [3.05, 3.63) is 21.9 Å². The summed E-state index contributed by atoms with van der Waals surface area (Å²) in [4.78, 5) is 12.5. The third kappa shape index (κ3) is 2.79. The Bertz CT molecular complexity index is 357. The van der Waals surface area contributed by atoms with Gasteiger partial charge in [-0.1, -0.05) is 11.8 Å². The lowest BCUT2D eigenvalue weighted by Crippen LogP contribution is -1.96. The maximum atomic E-state index is 11.0. The minimum absolute atomic E-state index is 0.316. The Balaban J connectivity index is 2.80. The third-order valence-corrected chi connectivity index (χ3v) is 2.42. The van der Waals surface area contributed by atoms with Gasteiger partial charge in [0, 0.05) is 0 Å². The molecule has 0 fully saturated rings. The Kier molecular flexibility index (Phi) is 3.87. The highest BCUT2D eigenvalue weighted by molar-refractivity contribution is 7.80. The molecule has 68 valence electrons. The first-order chi connectivity index (χ1) is 6.27. The fraction of sp³-hybridized carbons (Fsp3) is 0.222. The SMILES string of the molecule is COC(=O)c1ccc(C#CCS)s1. The average Bonchev–Trinajstić information content (AvgIpc) is 2.62. The number of ether oxygens (including phenoxy) is 1. The number of esters is 1. The summed E-state index contributed by atoms with van der Waals surface area (Å²) in [6.45, 7) is 0. The Labute approximate surface area is 86.3 Å². The number of hydrogen-bond acceptors (Lipinski definition) is 4. The van der Waals surface area contributed by atoms with Crippen LogP contribution in [-0.2, 0) is 4.74 Å². The fourth-order valence-corrected chi connectivity index (χ4v) is 1.62. The molecular weight excluding hydrogens is 204 g/mol. The molecule has 0 bridgehead atoms. The molecule has 0 saturated carbocycles. The van der Waals surface area contributed by atoms with Crippen LogP contribution < -0.4 is 0 Å². The molecule has 0 aliphatic carbocycles. The van der Waals surface area contributed by atoms with Crippen LogP contribution in [0, 0.1) is 11.8 Å². The molecule has 0 amide bonds. The zero-order chi connectivity index (χ0) is 9.68. The first-order valence-corrected chi connectivity index (χ1v) is 5.00. The van der Waals surface area contributed by atoms with Gasteiger partial charge in [-0.25, -0.2) is 4.79 Å². The largest absolute Gasteiger partial charge is 0.465 e. The number of methoxy groups -OCH3 is 1. The highest BCUT2D eigenvalue weighted by Crippen LogP contribution is 2.15. The van der Waals surface area contributed by atoms with Crippen LogP contribution in [0.4, 0.5) is 0 Å². The molecule has 0 N–H and O–H groups in total. The lowest BCUT2D eigenvalue weighted by molar-refractivity contribution is 0.0606. The smallest absolute Gasteiger partial charge is 0.348 e. The summed E-state index contributed by atoms with van der Waals surface area (Å²) in [5, 5.41) is 0. The maximum absolute atomic E-state index is 11.0. The average molecular weight is 212 g/mol. The van der Waals surface area contributed by atoms with E-state index in [1.165, 1.54) is 18.4 Å². The number of carbonyl (C=O) groups excluding carboxylic acids is 1. The van der Waals surface area contributed by atoms with Crippen LogP contribution >= 0.6 is 24.0 Å². The maximum Gasteiger partial charge on any atom is 0.348 e. The molecule has 1 heterocycles. The number of thiol groups is 1. The minimum atomic E-state index is -0.316. The predicted molar refractivity (Wildman–Crippen MR) is 56.4 cm³/mol. The second kappa shape index (κ2) is 4.95. The Morgan fingerprint density at radius 3 is 3.08 bits per heavy atom. The van der Waals surface area contributed by atoms with Crippen LogP contribution in [0.1, 0.15) is 14.5 Å². The molecule has 0 unspecified atom stereocenters. The number of rotatable bonds is 1. The Hall–Kier alpha value is -0.920. The lowest BCUT2D eigenvalue weighted by atomic mass is 10.4. The van der Waals surface area contributed by atoms with Gasteiger partial charge in [0.2, 0.25) is 0 Å². The molecule has 0 saturated heterocycles. The Morgan fingerprint density at radius 2 is 2.46 bits per heavy atom. The van der Waals surface area contributed by atoms with E-state index < -0.39 is 0 Å². The van der Waals surface area contributed by atoms with Crippen molar-refractivity contribution in [2.75, 3.05) is 12.9 Å². The Morgan fingerprint density at radius 1 is 1.69 bits per heavy atom. The number of carbonyl (C=O) groups is 1. The standard InChI is InChI=1S/C9H8O2S2/c1-11-9(10)8-5-4-7(13-8)3-2-6-12/h4-5,12H,6H2,1H3. The third-order valence-electron chi connectivity index (χ3n) is 1.28. The van der Waals surface area contributed by atoms with Crippen LogP contribution in [0.3, 0.4) is 0 Å². The van der Waals surface area contributed by atoms with E-state index >= 15 is 0 Å². The molecule has 1 aromatic rings. The predicted octanol–water partition coefficient (Wildman–Crippen LogP) is 1.82. The first kappa shape index (κ1) is 10.2. The summed E-state index contributed by atoms with van der Waals surface area (Å²) in [6, 6.07) is 3.51. The highest BCUT2D eigenvalue weighted by Gasteiger charge is 2.07. The molecule has 0 atom stereocenters. The van der Waals surface area contributed by atoms with Crippen molar-refractivity contribution >= 4 is 29.9 Å². The van der Waals surface area contributed by atoms with E-state index in [2.05, 4.69) is 29.2 Å². The van der Waals surface area contributed by atoms with Gasteiger partial charge in [0.25, 0.3) is 0 Å². The second-order valence-electron chi connectivity index (χ2n) is 2.12. The summed E-state index contributed by atoms with van der Waals surface area (Å²) in [7, 11) is 1.36. The number of thiophene rings is 1. The first-order valence-electron chi connectivity index (χ1n) is 3.56. The zero-order valence-corrected chi connectivity index (χ0v) is 8.74. The molecule has 0 aliphatic heterocycles. The van der Waals surface area contributed by atoms with Crippen molar-refractivity contribution in [1.29, 1.82) is 0 Å². The lowest BCUT2D eigenvalue weighted by Gasteiger charge is -1.90. The fourth-order valence-electron chi connectivity index (χ4n) is 0.742. The van der Waals surface area contributed by atoms with E-state index in [9.17, 15) is 4.79 Å². The molecule has 4 heteroatoms. The van der Waals surface area contributed by atoms with E-state index in [4.69, 9.17) is 0 Å². The summed E-state index contributed by atoms with van der Waals surface area (Å²) in [5.74, 6) is 5.89. The van der Waals surface area contributed by atoms with Crippen molar-refractivity contribution in [1.82, 2.24) is 0 Å². The van der Waals surface area contributed by atoms with Gasteiger partial charge >= 0.3 is 5.97 Å². The van der Waals surface area contributed by atoms with Gasteiger partial charge in [-0.05, 0) is 12.1 Å². The molecule has 2 nitrogen and oxygen atoms in total. The van der Waals surface area contributed by atoms with Crippen LogP contribution in [0.25, 0.3) is 0 Å². The van der Waals surface area contributed by atoms with Crippen molar-refractivity contribution in [3.8, 4) is 11.8 Å². The molecule has 0 spiro atoms. The second-order valence-corrected chi connectivity index (χ2v) is 3.52. The van der Waals surface area contributed by atoms with Crippen LogP contribution in [0.15, 0.2) is 12.1 Å². The van der Waals surface area contributed by atoms with Crippen molar-refractivity contribution < 1.29 is 9.53 Å². The molecule has 0 radical (unpaired) electrons. The molecule has 13 heavy (non-hydrogen) atoms. The topological polar surface area (TPSA) is 26.3 Å². The van der Waals surface area contributed by atoms with Crippen LogP contribution in [-0.4, -0.2) is 18.8 Å². The molecular formula is C9H8O2S2. The molecule has 0 aromatic carbocycles. The van der Waals surface area contributed by atoms with E-state index in [0.717, 1.165) is 4.88 Å². The monoisotopic (exact) mass is 212 g/mol. The molecule has 0 aliphatic rings. The number of hydrogen-bond donors (Lipinski definition) is 1. The van der Waals surface area contributed by atoms with E-state index in [0.29, 0.717) is 10.6 Å². The van der Waals surface area contributed by atoms with Gasteiger partial charge in [0.1, 0.15) is 4.88 Å². The summed E-state index contributed by atoms with van der Waals surface area (Å²) >= 11 is 5.28. The van der Waals surface area contributed by atoms with Gasteiger partial charge in [-0.3, -0.25) is 0 Å². The van der Waals surface area contributed by atoms with E-state index in [1.54, 1.807) is 12.1 Å². The highest BCUT2D eigenvalue weighted by atomic mass is 32.1. The van der Waals surface area contributed by atoms with Gasteiger partial charge in [0.15, 0.2) is 0 Å². The molecule has 1 aromatic heterocycles. The van der Waals surface area contributed by atoms with E-state index in [1.807, 2.05) is 0 Å². The van der Waals surface area contributed by atoms with Crippen molar-refractivity contribution in [3.63, 3.8) is 0 Å². The normalized spacial score (nSPS) is 8.77. The minimum Gasteiger partial charge on any atom is -0.465 e. The van der Waals surface area contributed by atoms with Gasteiger partial charge < -0.3 is 4.74 Å². The quantitative estimate of drug-likeness (QED) is 0.436. The van der Waals surface area contributed by atoms with Crippen molar-refractivity contribution in [2.45, 2.75) is 0 Å². The van der Waals surface area contributed by atoms with Gasteiger partial charge in [-0.15, -0.1) is 11.3 Å². The van der Waals surface area contributed by atoms with Crippen LogP contribution in [0.5, 0.6) is 0 Å².